The molecule has 1 fully saturated rings. The highest BCUT2D eigenvalue weighted by Crippen LogP contribution is 2.31. The first-order valence-corrected chi connectivity index (χ1v) is 14.4. The fourth-order valence-electron chi connectivity index (χ4n) is 5.89. The molecule has 0 bridgehead atoms. The molecule has 0 aliphatic heterocycles. The molecule has 1 aromatic heterocycles. The van der Waals surface area contributed by atoms with Crippen LogP contribution in [0.3, 0.4) is 0 Å². The Morgan fingerprint density at radius 2 is 1.48 bits per heavy atom. The molecule has 212 valence electrons. The molecule has 4 aromatic carbocycles. The quantitative estimate of drug-likeness (QED) is 0.210. The summed E-state index contributed by atoms with van der Waals surface area (Å²) in [4.78, 5) is 25.0. The van der Waals surface area contributed by atoms with Gasteiger partial charge < -0.3 is 10.4 Å². The van der Waals surface area contributed by atoms with Crippen molar-refractivity contribution in [2.24, 2.45) is 11.8 Å². The normalized spacial score (nSPS) is 16.8. The Labute approximate surface area is 243 Å². The fraction of sp³-hybridized carbons (Fsp3) is 0.229. The van der Waals surface area contributed by atoms with Crippen molar-refractivity contribution in [1.29, 1.82) is 0 Å². The summed E-state index contributed by atoms with van der Waals surface area (Å²) in [7, 11) is 0. The molecule has 1 heterocycles. The molecule has 42 heavy (non-hydrogen) atoms. The number of carboxylic acids is 1. The first-order valence-electron chi connectivity index (χ1n) is 14.4. The van der Waals surface area contributed by atoms with Crippen LogP contribution in [-0.4, -0.2) is 33.3 Å². The molecule has 6 nitrogen and oxygen atoms in total. The van der Waals surface area contributed by atoms with Crippen molar-refractivity contribution in [3.8, 4) is 22.3 Å². The van der Waals surface area contributed by atoms with Gasteiger partial charge in [0.1, 0.15) is 5.82 Å². The maximum Gasteiger partial charge on any atom is 0.306 e. The zero-order chi connectivity index (χ0) is 29.1. The first kappa shape index (κ1) is 27.4. The number of carbonyl (C=O) groups is 2. The molecule has 6 rings (SSSR count). The third-order valence-corrected chi connectivity index (χ3v) is 8.30. The van der Waals surface area contributed by atoms with Gasteiger partial charge in [-0.05, 0) is 83.7 Å². The van der Waals surface area contributed by atoms with Gasteiger partial charge in [-0.3, -0.25) is 14.3 Å². The van der Waals surface area contributed by atoms with Crippen LogP contribution in [0.1, 0.15) is 41.6 Å². The minimum absolute atomic E-state index is 0.203. The van der Waals surface area contributed by atoms with Crippen LogP contribution in [0.15, 0.2) is 97.2 Å². The number of amides is 1. The standard InChI is InChI=1S/C35H32FN3O3/c36-31-16-14-27(15-17-31)29-18-30-21-38-39(22-24-8-10-26(11-9-24)25-4-2-1-3-5-25)33(30)32(19-29)34(40)37-20-23-6-12-28(13-7-23)35(41)42/h1-5,8-11,14-19,21,23,28H,6-7,12-13,20,22H2,(H,37,40)(H,41,42). The van der Waals surface area contributed by atoms with Crippen LogP contribution in [0.25, 0.3) is 33.2 Å². The predicted molar refractivity (Wildman–Crippen MR) is 162 cm³/mol. The number of carboxylic acid groups (broad SMARTS) is 1. The van der Waals surface area contributed by atoms with Gasteiger partial charge >= 0.3 is 5.97 Å². The molecule has 0 radical (unpaired) electrons. The van der Waals surface area contributed by atoms with E-state index in [1.807, 2.05) is 35.0 Å². The van der Waals surface area contributed by atoms with Crippen molar-refractivity contribution in [3.63, 3.8) is 0 Å². The summed E-state index contributed by atoms with van der Waals surface area (Å²) in [5.41, 5.74) is 6.20. The number of hydrogen-bond donors (Lipinski definition) is 2. The lowest BCUT2D eigenvalue weighted by molar-refractivity contribution is -0.143. The summed E-state index contributed by atoms with van der Waals surface area (Å²) in [5.74, 6) is -1.30. The highest BCUT2D eigenvalue weighted by molar-refractivity contribution is 6.07. The van der Waals surface area contributed by atoms with Crippen LogP contribution in [0.4, 0.5) is 4.39 Å². The second-order valence-corrected chi connectivity index (χ2v) is 11.1. The molecular formula is C35H32FN3O3. The first-order chi connectivity index (χ1) is 20.4. The number of rotatable bonds is 8. The molecule has 0 saturated heterocycles. The number of nitrogens with zero attached hydrogens (tertiary/aromatic N) is 2. The number of halogens is 1. The topological polar surface area (TPSA) is 84.2 Å². The van der Waals surface area contributed by atoms with Crippen molar-refractivity contribution in [2.45, 2.75) is 32.2 Å². The van der Waals surface area contributed by atoms with E-state index in [2.05, 4.69) is 46.8 Å². The number of hydrogen-bond acceptors (Lipinski definition) is 3. The van der Waals surface area contributed by atoms with E-state index < -0.39 is 5.97 Å². The third-order valence-electron chi connectivity index (χ3n) is 8.30. The van der Waals surface area contributed by atoms with Crippen LogP contribution in [-0.2, 0) is 11.3 Å². The van der Waals surface area contributed by atoms with Crippen LogP contribution in [0.5, 0.6) is 0 Å². The van der Waals surface area contributed by atoms with Crippen molar-refractivity contribution < 1.29 is 19.1 Å². The van der Waals surface area contributed by atoms with Gasteiger partial charge in [0.2, 0.25) is 0 Å². The number of aliphatic carboxylic acids is 1. The Bertz CT molecular complexity index is 1710. The molecule has 2 N–H and O–H groups in total. The lowest BCUT2D eigenvalue weighted by Crippen LogP contribution is -2.32. The van der Waals surface area contributed by atoms with Crippen molar-refractivity contribution in [1.82, 2.24) is 15.1 Å². The zero-order valence-electron chi connectivity index (χ0n) is 23.2. The second kappa shape index (κ2) is 12.0. The van der Waals surface area contributed by atoms with Crippen LogP contribution in [0.2, 0.25) is 0 Å². The summed E-state index contributed by atoms with van der Waals surface area (Å²) in [6.07, 6.45) is 4.59. The Kier molecular flexibility index (Phi) is 7.82. The third kappa shape index (κ3) is 5.96. The van der Waals surface area contributed by atoms with E-state index in [1.54, 1.807) is 18.3 Å². The maximum absolute atomic E-state index is 13.7. The lowest BCUT2D eigenvalue weighted by Gasteiger charge is -2.26. The number of carbonyl (C=O) groups excluding carboxylic acids is 1. The van der Waals surface area contributed by atoms with E-state index in [0.717, 1.165) is 51.6 Å². The van der Waals surface area contributed by atoms with Gasteiger partial charge in [0.05, 0.1) is 29.7 Å². The molecule has 1 aliphatic rings. The minimum Gasteiger partial charge on any atom is -0.481 e. The van der Waals surface area contributed by atoms with Crippen molar-refractivity contribution in [3.05, 3.63) is 114 Å². The van der Waals surface area contributed by atoms with Crippen LogP contribution in [0, 0.1) is 17.7 Å². The van der Waals surface area contributed by atoms with Crippen molar-refractivity contribution >= 4 is 22.8 Å². The molecule has 1 amide bonds. The lowest BCUT2D eigenvalue weighted by atomic mass is 9.82. The molecular weight excluding hydrogens is 529 g/mol. The van der Waals surface area contributed by atoms with Gasteiger partial charge in [-0.25, -0.2) is 4.39 Å². The van der Waals surface area contributed by atoms with Gasteiger partial charge in [-0.15, -0.1) is 0 Å². The predicted octanol–water partition coefficient (Wildman–Crippen LogP) is 7.18. The summed E-state index contributed by atoms with van der Waals surface area (Å²) in [5, 5.41) is 17.9. The minimum atomic E-state index is -0.736. The smallest absolute Gasteiger partial charge is 0.306 e. The number of benzene rings is 4. The molecule has 7 heteroatoms. The van der Waals surface area contributed by atoms with E-state index in [9.17, 15) is 19.1 Å². The molecule has 0 unspecified atom stereocenters. The summed E-state index contributed by atoms with van der Waals surface area (Å²) in [6.45, 7) is 0.983. The average molecular weight is 562 g/mol. The summed E-state index contributed by atoms with van der Waals surface area (Å²) < 4.78 is 15.5. The van der Waals surface area contributed by atoms with Gasteiger partial charge in [0.25, 0.3) is 5.91 Å². The highest BCUT2D eigenvalue weighted by Gasteiger charge is 2.26. The molecule has 0 spiro atoms. The fourth-order valence-corrected chi connectivity index (χ4v) is 5.89. The van der Waals surface area contributed by atoms with E-state index in [0.29, 0.717) is 31.5 Å². The van der Waals surface area contributed by atoms with E-state index >= 15 is 0 Å². The van der Waals surface area contributed by atoms with Gasteiger partial charge in [0, 0.05) is 11.9 Å². The second-order valence-electron chi connectivity index (χ2n) is 11.1. The van der Waals surface area contributed by atoms with E-state index in [-0.39, 0.29) is 23.6 Å². The number of fused-ring (bicyclic) bond motifs is 1. The van der Waals surface area contributed by atoms with Crippen molar-refractivity contribution in [2.75, 3.05) is 6.54 Å². The number of aromatic nitrogens is 2. The summed E-state index contributed by atoms with van der Waals surface area (Å²) >= 11 is 0. The Hall–Kier alpha value is -4.78. The zero-order valence-corrected chi connectivity index (χ0v) is 23.2. The SMILES string of the molecule is O=C(NCC1CCC(C(=O)O)CC1)c1cc(-c2ccc(F)cc2)cc2cnn(Cc3ccc(-c4ccccc4)cc3)c12. The largest absolute Gasteiger partial charge is 0.481 e. The molecule has 1 aliphatic carbocycles. The van der Waals surface area contributed by atoms with Crippen LogP contribution >= 0.6 is 0 Å². The van der Waals surface area contributed by atoms with Gasteiger partial charge in [0.15, 0.2) is 0 Å². The Morgan fingerprint density at radius 1 is 0.833 bits per heavy atom. The highest BCUT2D eigenvalue weighted by atomic mass is 19.1. The van der Waals surface area contributed by atoms with E-state index in [1.165, 1.54) is 12.1 Å². The van der Waals surface area contributed by atoms with Gasteiger partial charge in [-0.1, -0.05) is 66.7 Å². The monoisotopic (exact) mass is 561 g/mol. The average Bonchev–Trinajstić information content (AvgIpc) is 3.43. The Morgan fingerprint density at radius 3 is 2.17 bits per heavy atom. The molecule has 1 saturated carbocycles. The molecule has 5 aromatic rings. The van der Waals surface area contributed by atoms with Crippen LogP contribution < -0.4 is 5.32 Å². The summed E-state index contributed by atoms with van der Waals surface area (Å²) in [6, 6.07) is 28.6. The van der Waals surface area contributed by atoms with E-state index in [4.69, 9.17) is 0 Å². The van der Waals surface area contributed by atoms with Gasteiger partial charge in [-0.2, -0.15) is 5.10 Å². The maximum atomic E-state index is 13.7. The number of nitrogens with one attached hydrogen (secondary N) is 1. The Balaban J connectivity index is 1.28. The molecule has 0 atom stereocenters.